The van der Waals surface area contributed by atoms with Crippen molar-refractivity contribution in [3.05, 3.63) is 54.3 Å². The van der Waals surface area contributed by atoms with Gasteiger partial charge in [0.2, 0.25) is 0 Å². The Morgan fingerprint density at radius 3 is 2.46 bits per heavy atom. The zero-order valence-electron chi connectivity index (χ0n) is 15.9. The van der Waals surface area contributed by atoms with Gasteiger partial charge in [0.25, 0.3) is 0 Å². The summed E-state index contributed by atoms with van der Waals surface area (Å²) in [6, 6.07) is 10.7. The Morgan fingerprint density at radius 1 is 1.29 bits per heavy atom. The van der Waals surface area contributed by atoms with Crippen LogP contribution in [0.1, 0.15) is 32.4 Å². The van der Waals surface area contributed by atoms with Crippen LogP contribution in [0.25, 0.3) is 0 Å². The molecule has 0 bridgehead atoms. The Hall–Kier alpha value is -1.16. The van der Waals surface area contributed by atoms with Crippen molar-refractivity contribution in [3.8, 4) is 0 Å². The number of rotatable bonds is 4. The normalized spacial score (nSPS) is 26.0. The summed E-state index contributed by atoms with van der Waals surface area (Å²) in [4.78, 5) is 2.31. The number of hydrogen-bond acceptors (Lipinski definition) is 3. The smallest absolute Gasteiger partial charge is 0.195 e. The summed E-state index contributed by atoms with van der Waals surface area (Å²) >= 11 is 0. The Kier molecular flexibility index (Phi) is 5.90. The first kappa shape index (κ1) is 19.2. The molecule has 3 atom stereocenters. The number of morpholine rings is 1. The molecule has 132 valence electrons. The fraction of sp³-hybridized carbons (Fsp3) is 0.550. The Labute approximate surface area is 148 Å². The highest BCUT2D eigenvalue weighted by Crippen LogP contribution is 2.39. The molecule has 4 heteroatoms. The van der Waals surface area contributed by atoms with E-state index in [4.69, 9.17) is 9.16 Å². The van der Waals surface area contributed by atoms with Crippen LogP contribution in [0.5, 0.6) is 0 Å². The second-order valence-corrected chi connectivity index (χ2v) is 12.8. The Bertz CT molecular complexity index is 587. The molecule has 0 unspecified atom stereocenters. The van der Waals surface area contributed by atoms with Crippen molar-refractivity contribution < 1.29 is 9.16 Å². The molecule has 1 heterocycles. The van der Waals surface area contributed by atoms with Gasteiger partial charge in [-0.2, -0.15) is 0 Å². The monoisotopic (exact) mass is 345 g/mol. The molecule has 1 aliphatic heterocycles. The molecule has 0 N–H and O–H groups in total. The first-order valence-corrected chi connectivity index (χ1v) is 11.5. The third kappa shape index (κ3) is 4.08. The SMILES string of the molecule is C=C=C[C@@H]1[C@H](O[Si](C)(C)C(C)(C)C)OC[C@@H](c2ccccc2)N1C. The molecule has 0 saturated carbocycles. The maximum Gasteiger partial charge on any atom is 0.195 e. The van der Waals surface area contributed by atoms with Crippen LogP contribution in [0.15, 0.2) is 48.7 Å². The van der Waals surface area contributed by atoms with Crippen LogP contribution in [0.4, 0.5) is 0 Å². The average molecular weight is 346 g/mol. The average Bonchev–Trinajstić information content (AvgIpc) is 2.50. The minimum atomic E-state index is -1.91. The molecule has 1 aliphatic rings. The zero-order chi connectivity index (χ0) is 18.0. The largest absolute Gasteiger partial charge is 0.391 e. The third-order valence-electron chi connectivity index (χ3n) is 5.35. The fourth-order valence-corrected chi connectivity index (χ4v) is 3.84. The molecule has 0 aromatic heterocycles. The van der Waals surface area contributed by atoms with Gasteiger partial charge in [0, 0.05) is 0 Å². The number of benzene rings is 1. The zero-order valence-corrected chi connectivity index (χ0v) is 16.9. The van der Waals surface area contributed by atoms with Gasteiger partial charge in [-0.1, -0.05) is 57.7 Å². The molecule has 0 radical (unpaired) electrons. The quantitative estimate of drug-likeness (QED) is 0.581. The van der Waals surface area contributed by atoms with Gasteiger partial charge in [-0.15, -0.1) is 5.73 Å². The summed E-state index contributed by atoms with van der Waals surface area (Å²) < 4.78 is 12.7. The van der Waals surface area contributed by atoms with Crippen LogP contribution < -0.4 is 0 Å². The Morgan fingerprint density at radius 2 is 1.92 bits per heavy atom. The number of nitrogens with zero attached hydrogens (tertiary/aromatic N) is 1. The van der Waals surface area contributed by atoms with Crippen molar-refractivity contribution in [1.82, 2.24) is 4.90 Å². The highest BCUT2D eigenvalue weighted by atomic mass is 28.4. The van der Waals surface area contributed by atoms with E-state index in [-0.39, 0.29) is 23.4 Å². The molecule has 0 spiro atoms. The van der Waals surface area contributed by atoms with Crippen molar-refractivity contribution in [2.24, 2.45) is 0 Å². The van der Waals surface area contributed by atoms with Gasteiger partial charge in [0.05, 0.1) is 18.7 Å². The molecule has 3 nitrogen and oxygen atoms in total. The first-order chi connectivity index (χ1) is 11.2. The third-order valence-corrected chi connectivity index (χ3v) is 9.78. The second-order valence-electron chi connectivity index (χ2n) is 8.03. The van der Waals surface area contributed by atoms with E-state index in [0.29, 0.717) is 6.61 Å². The molecule has 0 amide bonds. The van der Waals surface area contributed by atoms with Crippen molar-refractivity contribution >= 4 is 8.32 Å². The minimum absolute atomic E-state index is 0.00980. The summed E-state index contributed by atoms with van der Waals surface area (Å²) in [5.41, 5.74) is 4.19. The molecule has 24 heavy (non-hydrogen) atoms. The summed E-state index contributed by atoms with van der Waals surface area (Å²) in [6.45, 7) is 15.6. The molecular weight excluding hydrogens is 314 g/mol. The topological polar surface area (TPSA) is 21.7 Å². The van der Waals surface area contributed by atoms with Gasteiger partial charge < -0.3 is 9.16 Å². The summed E-state index contributed by atoms with van der Waals surface area (Å²) in [5, 5.41) is 0.146. The van der Waals surface area contributed by atoms with E-state index in [2.05, 4.69) is 82.4 Å². The number of ether oxygens (including phenoxy) is 1. The van der Waals surface area contributed by atoms with Gasteiger partial charge in [0.15, 0.2) is 14.6 Å². The lowest BCUT2D eigenvalue weighted by atomic mass is 10.0. The molecule has 1 saturated heterocycles. The Balaban J connectivity index is 2.23. The second kappa shape index (κ2) is 7.38. The maximum absolute atomic E-state index is 6.54. The molecule has 1 fully saturated rings. The highest BCUT2D eigenvalue weighted by molar-refractivity contribution is 6.74. The van der Waals surface area contributed by atoms with E-state index >= 15 is 0 Å². The van der Waals surface area contributed by atoms with Crippen molar-refractivity contribution in [2.75, 3.05) is 13.7 Å². The summed E-state index contributed by atoms with van der Waals surface area (Å²) in [5.74, 6) is 0. The van der Waals surface area contributed by atoms with Crippen LogP contribution in [-0.4, -0.2) is 39.2 Å². The predicted molar refractivity (Wildman–Crippen MR) is 102 cm³/mol. The lowest BCUT2D eigenvalue weighted by Gasteiger charge is -2.47. The van der Waals surface area contributed by atoms with Gasteiger partial charge in [0.1, 0.15) is 0 Å². The predicted octanol–water partition coefficient (Wildman–Crippen LogP) is 4.75. The lowest BCUT2D eigenvalue weighted by molar-refractivity contribution is -0.174. The first-order valence-electron chi connectivity index (χ1n) is 8.59. The molecule has 2 rings (SSSR count). The van der Waals surface area contributed by atoms with E-state index in [1.165, 1.54) is 5.56 Å². The molecule has 1 aromatic carbocycles. The van der Waals surface area contributed by atoms with Gasteiger partial charge in [-0.05, 0) is 36.8 Å². The van der Waals surface area contributed by atoms with Crippen LogP contribution in [0, 0.1) is 0 Å². The van der Waals surface area contributed by atoms with E-state index in [1.807, 2.05) is 12.1 Å². The van der Waals surface area contributed by atoms with Crippen LogP contribution in [0.2, 0.25) is 18.1 Å². The number of hydrogen-bond donors (Lipinski definition) is 0. The summed E-state index contributed by atoms with van der Waals surface area (Å²) in [6.07, 6.45) is 1.69. The molecular formula is C20H31NO2Si. The van der Waals surface area contributed by atoms with E-state index < -0.39 is 8.32 Å². The molecule has 1 aromatic rings. The van der Waals surface area contributed by atoms with Crippen molar-refractivity contribution in [3.63, 3.8) is 0 Å². The fourth-order valence-electron chi connectivity index (χ4n) is 2.70. The van der Waals surface area contributed by atoms with Gasteiger partial charge >= 0.3 is 0 Å². The minimum Gasteiger partial charge on any atom is -0.391 e. The summed E-state index contributed by atoms with van der Waals surface area (Å²) in [7, 11) is 0.212. The van der Waals surface area contributed by atoms with E-state index in [1.54, 1.807) is 0 Å². The van der Waals surface area contributed by atoms with E-state index in [0.717, 1.165) is 0 Å². The van der Waals surface area contributed by atoms with Crippen LogP contribution >= 0.6 is 0 Å². The highest BCUT2D eigenvalue weighted by Gasteiger charge is 2.44. The lowest BCUT2D eigenvalue weighted by Crippen LogP contribution is -2.55. The van der Waals surface area contributed by atoms with Gasteiger partial charge in [-0.3, -0.25) is 4.90 Å². The van der Waals surface area contributed by atoms with Crippen LogP contribution in [0.3, 0.4) is 0 Å². The van der Waals surface area contributed by atoms with Gasteiger partial charge in [-0.25, -0.2) is 0 Å². The van der Waals surface area contributed by atoms with Crippen molar-refractivity contribution in [1.29, 1.82) is 0 Å². The maximum atomic E-state index is 6.54. The van der Waals surface area contributed by atoms with Crippen LogP contribution in [-0.2, 0) is 9.16 Å². The molecule has 0 aliphatic carbocycles. The van der Waals surface area contributed by atoms with E-state index in [9.17, 15) is 0 Å². The standard InChI is InChI=1S/C20H31NO2Si/c1-8-12-17-19(23-24(6,7)20(2,3)4)22-15-18(21(17)5)16-13-10-9-11-14-16/h9-14,17-19H,1,15H2,2-7H3/t17-,18+,19+/m1/s1. The number of likely N-dealkylation sites (N-methyl/N-ethyl adjacent to an activating group) is 1. The van der Waals surface area contributed by atoms with Crippen molar-refractivity contribution in [2.45, 2.75) is 57.3 Å².